The third kappa shape index (κ3) is 3.62. The maximum Gasteiger partial charge on any atom is 0.303 e. The number of pyridine rings is 1. The molecule has 2 aromatic rings. The minimum absolute atomic E-state index is 0.0357. The van der Waals surface area contributed by atoms with Crippen LogP contribution in [-0.2, 0) is 11.2 Å². The van der Waals surface area contributed by atoms with Gasteiger partial charge in [-0.3, -0.25) is 19.9 Å². The Morgan fingerprint density at radius 3 is 2.43 bits per heavy atom. The predicted octanol–water partition coefficient (Wildman–Crippen LogP) is 2.98. The topological polar surface area (TPSA) is 93.3 Å². The third-order valence-electron chi connectivity index (χ3n) is 3.18. The van der Waals surface area contributed by atoms with E-state index in [1.165, 1.54) is 12.1 Å². The fourth-order valence-corrected chi connectivity index (χ4v) is 2.01. The van der Waals surface area contributed by atoms with Gasteiger partial charge >= 0.3 is 5.97 Å². The lowest BCUT2D eigenvalue weighted by Gasteiger charge is -2.07. The number of rotatable bonds is 5. The van der Waals surface area contributed by atoms with Gasteiger partial charge in [0.05, 0.1) is 10.6 Å². The molecule has 1 aromatic carbocycles. The Bertz CT molecular complexity index is 681. The van der Waals surface area contributed by atoms with Gasteiger partial charge in [0.1, 0.15) is 0 Å². The van der Waals surface area contributed by atoms with Crippen LogP contribution in [0.3, 0.4) is 0 Å². The van der Waals surface area contributed by atoms with Crippen molar-refractivity contribution < 1.29 is 14.8 Å². The highest BCUT2D eigenvalue weighted by Gasteiger charge is 2.08. The first kappa shape index (κ1) is 14.6. The maximum atomic E-state index is 10.6. The molecule has 0 radical (unpaired) electrons. The van der Waals surface area contributed by atoms with Gasteiger partial charge in [0, 0.05) is 29.8 Å². The molecule has 0 aliphatic carbocycles. The van der Waals surface area contributed by atoms with Gasteiger partial charge in [-0.15, -0.1) is 0 Å². The molecule has 2 rings (SSSR count). The number of hydrogen-bond donors (Lipinski definition) is 1. The van der Waals surface area contributed by atoms with Crippen LogP contribution < -0.4 is 0 Å². The van der Waals surface area contributed by atoms with Crippen molar-refractivity contribution in [1.29, 1.82) is 0 Å². The normalized spacial score (nSPS) is 10.3. The molecule has 1 N–H and O–H groups in total. The van der Waals surface area contributed by atoms with E-state index < -0.39 is 10.9 Å². The fourth-order valence-electron chi connectivity index (χ4n) is 2.01. The van der Waals surface area contributed by atoms with Crippen LogP contribution in [0.25, 0.3) is 11.3 Å². The van der Waals surface area contributed by atoms with Crippen LogP contribution >= 0.6 is 0 Å². The summed E-state index contributed by atoms with van der Waals surface area (Å²) in [5, 5.41) is 19.3. The maximum absolute atomic E-state index is 10.6. The number of non-ortho nitro benzene ring substituents is 1. The van der Waals surface area contributed by atoms with E-state index >= 15 is 0 Å². The van der Waals surface area contributed by atoms with Crippen LogP contribution in [0.4, 0.5) is 5.69 Å². The zero-order valence-electron chi connectivity index (χ0n) is 11.4. The molecular formula is C15H14N2O4. The average molecular weight is 286 g/mol. The number of carboxylic acids is 1. The largest absolute Gasteiger partial charge is 0.481 e. The number of carbonyl (C=O) groups is 1. The van der Waals surface area contributed by atoms with Gasteiger partial charge in [0.25, 0.3) is 5.69 Å². The van der Waals surface area contributed by atoms with E-state index in [-0.39, 0.29) is 12.1 Å². The molecule has 0 aliphatic rings. The zero-order valence-corrected chi connectivity index (χ0v) is 11.4. The minimum Gasteiger partial charge on any atom is -0.481 e. The van der Waals surface area contributed by atoms with Crippen molar-refractivity contribution in [1.82, 2.24) is 4.98 Å². The summed E-state index contributed by atoms with van der Waals surface area (Å²) in [5.41, 5.74) is 3.19. The quantitative estimate of drug-likeness (QED) is 0.673. The fraction of sp³-hybridized carbons (Fsp3) is 0.200. The summed E-state index contributed by atoms with van der Waals surface area (Å²) in [6.45, 7) is 1.83. The molecule has 1 heterocycles. The lowest BCUT2D eigenvalue weighted by Crippen LogP contribution is -2.00. The first-order valence-electron chi connectivity index (χ1n) is 6.40. The molecule has 0 atom stereocenters. The molecule has 0 spiro atoms. The third-order valence-corrected chi connectivity index (χ3v) is 3.18. The van der Waals surface area contributed by atoms with Gasteiger partial charge < -0.3 is 5.11 Å². The monoisotopic (exact) mass is 286 g/mol. The van der Waals surface area contributed by atoms with Gasteiger partial charge in [-0.05, 0) is 37.1 Å². The summed E-state index contributed by atoms with van der Waals surface area (Å²) in [6, 6.07) is 9.82. The number of nitrogens with zero attached hydrogens (tertiary/aromatic N) is 2. The molecule has 0 saturated heterocycles. The van der Waals surface area contributed by atoms with Crippen molar-refractivity contribution in [2.24, 2.45) is 0 Å². The first-order chi connectivity index (χ1) is 9.97. The predicted molar refractivity (Wildman–Crippen MR) is 77.0 cm³/mol. The Balaban J connectivity index is 2.23. The van der Waals surface area contributed by atoms with Crippen molar-refractivity contribution in [2.75, 3.05) is 0 Å². The van der Waals surface area contributed by atoms with Gasteiger partial charge in [-0.25, -0.2) is 0 Å². The number of aliphatic carboxylic acids is 1. The summed E-state index contributed by atoms with van der Waals surface area (Å²) in [6.07, 6.45) is 0.508. The van der Waals surface area contributed by atoms with E-state index in [0.717, 1.165) is 16.8 Å². The van der Waals surface area contributed by atoms with Crippen LogP contribution in [0.1, 0.15) is 17.7 Å². The Morgan fingerprint density at radius 2 is 1.90 bits per heavy atom. The van der Waals surface area contributed by atoms with Crippen molar-refractivity contribution in [3.63, 3.8) is 0 Å². The Hall–Kier alpha value is -2.76. The standard InChI is InChI=1S/C15H14N2O4/c1-10-11(5-9-15(18)19)4-8-14(16-10)12-2-6-13(7-3-12)17(20)21/h2-4,6-8H,5,9H2,1H3,(H,18,19). The van der Waals surface area contributed by atoms with Gasteiger partial charge in [-0.2, -0.15) is 0 Å². The number of nitro benzene ring substituents is 1. The van der Waals surface area contributed by atoms with Gasteiger partial charge in [-0.1, -0.05) is 6.07 Å². The van der Waals surface area contributed by atoms with E-state index in [4.69, 9.17) is 5.11 Å². The Morgan fingerprint density at radius 1 is 1.24 bits per heavy atom. The van der Waals surface area contributed by atoms with E-state index in [0.29, 0.717) is 12.1 Å². The highest BCUT2D eigenvalue weighted by molar-refractivity contribution is 5.67. The van der Waals surface area contributed by atoms with Crippen molar-refractivity contribution in [2.45, 2.75) is 19.8 Å². The smallest absolute Gasteiger partial charge is 0.303 e. The van der Waals surface area contributed by atoms with E-state index in [1.807, 2.05) is 13.0 Å². The lowest BCUT2D eigenvalue weighted by molar-refractivity contribution is -0.384. The van der Waals surface area contributed by atoms with Crippen LogP contribution in [0.15, 0.2) is 36.4 Å². The van der Waals surface area contributed by atoms with Crippen LogP contribution in [-0.4, -0.2) is 21.0 Å². The Labute approximate surface area is 121 Å². The average Bonchev–Trinajstić information content (AvgIpc) is 2.46. The highest BCUT2D eigenvalue weighted by atomic mass is 16.6. The number of aryl methyl sites for hydroxylation is 2. The van der Waals surface area contributed by atoms with Crippen molar-refractivity contribution in [3.8, 4) is 11.3 Å². The first-order valence-corrected chi connectivity index (χ1v) is 6.40. The number of carboxylic acid groups (broad SMARTS) is 1. The molecule has 6 nitrogen and oxygen atoms in total. The number of aromatic nitrogens is 1. The Kier molecular flexibility index (Phi) is 4.27. The summed E-state index contributed by atoms with van der Waals surface area (Å²) in [4.78, 5) is 25.2. The summed E-state index contributed by atoms with van der Waals surface area (Å²) >= 11 is 0. The molecule has 21 heavy (non-hydrogen) atoms. The molecule has 6 heteroatoms. The molecule has 0 fully saturated rings. The van der Waals surface area contributed by atoms with Gasteiger partial charge in [0.15, 0.2) is 0 Å². The summed E-state index contributed by atoms with van der Waals surface area (Å²) in [7, 11) is 0. The molecule has 0 aliphatic heterocycles. The summed E-state index contributed by atoms with van der Waals surface area (Å²) < 4.78 is 0. The molecule has 108 valence electrons. The highest BCUT2D eigenvalue weighted by Crippen LogP contribution is 2.22. The second-order valence-electron chi connectivity index (χ2n) is 4.64. The van der Waals surface area contributed by atoms with Crippen LogP contribution in [0.5, 0.6) is 0 Å². The molecular weight excluding hydrogens is 272 g/mol. The number of benzene rings is 1. The van der Waals surface area contributed by atoms with Crippen molar-refractivity contribution >= 4 is 11.7 Å². The number of hydrogen-bond acceptors (Lipinski definition) is 4. The zero-order chi connectivity index (χ0) is 15.4. The summed E-state index contributed by atoms with van der Waals surface area (Å²) in [5.74, 6) is -0.839. The lowest BCUT2D eigenvalue weighted by atomic mass is 10.1. The van der Waals surface area contributed by atoms with E-state index in [9.17, 15) is 14.9 Å². The second kappa shape index (κ2) is 6.13. The SMILES string of the molecule is Cc1nc(-c2ccc([N+](=O)[O-])cc2)ccc1CCC(=O)O. The molecule has 1 aromatic heterocycles. The van der Waals surface area contributed by atoms with Crippen LogP contribution in [0.2, 0.25) is 0 Å². The van der Waals surface area contributed by atoms with Gasteiger partial charge in [0.2, 0.25) is 0 Å². The van der Waals surface area contributed by atoms with E-state index in [2.05, 4.69) is 4.98 Å². The van der Waals surface area contributed by atoms with Crippen LogP contribution in [0, 0.1) is 17.0 Å². The molecule has 0 bridgehead atoms. The molecule has 0 unspecified atom stereocenters. The molecule has 0 saturated carbocycles. The van der Waals surface area contributed by atoms with E-state index in [1.54, 1.807) is 18.2 Å². The minimum atomic E-state index is -0.839. The second-order valence-corrected chi connectivity index (χ2v) is 4.64. The number of nitro groups is 1. The molecule has 0 amide bonds. The van der Waals surface area contributed by atoms with Crippen molar-refractivity contribution in [3.05, 3.63) is 57.8 Å².